The number of hydrogen-bond donors (Lipinski definition) is 1. The molecule has 1 saturated carbocycles. The Hall–Kier alpha value is 0.110. The molecule has 2 aliphatic rings. The highest BCUT2D eigenvalue weighted by atomic mass is 32.2. The summed E-state index contributed by atoms with van der Waals surface area (Å²) in [6, 6.07) is 0.979. The van der Waals surface area contributed by atoms with Gasteiger partial charge in [-0.3, -0.25) is 4.21 Å². The van der Waals surface area contributed by atoms with E-state index in [1.54, 1.807) is 0 Å². The topological polar surface area (TPSA) is 29.1 Å². The highest BCUT2D eigenvalue weighted by Gasteiger charge is 2.39. The molecule has 0 aromatic carbocycles. The molecule has 1 saturated heterocycles. The Kier molecular flexibility index (Phi) is 3.51. The van der Waals surface area contributed by atoms with E-state index in [4.69, 9.17) is 0 Å². The van der Waals surface area contributed by atoms with Crippen LogP contribution in [-0.2, 0) is 10.8 Å². The van der Waals surface area contributed by atoms with Crippen molar-refractivity contribution in [3.8, 4) is 0 Å². The Morgan fingerprint density at radius 3 is 2.73 bits per heavy atom. The molecule has 15 heavy (non-hydrogen) atoms. The maximum absolute atomic E-state index is 12.1. The predicted molar refractivity (Wildman–Crippen MR) is 65.4 cm³/mol. The van der Waals surface area contributed by atoms with Crippen molar-refractivity contribution in [1.29, 1.82) is 0 Å². The maximum Gasteiger partial charge on any atom is 0.0504 e. The van der Waals surface area contributed by atoms with Crippen molar-refractivity contribution >= 4 is 10.8 Å². The quantitative estimate of drug-likeness (QED) is 0.744. The maximum atomic E-state index is 12.1. The lowest BCUT2D eigenvalue weighted by molar-refractivity contribution is 0.231. The molecule has 0 spiro atoms. The Morgan fingerprint density at radius 1 is 1.33 bits per heavy atom. The van der Waals surface area contributed by atoms with E-state index < -0.39 is 10.8 Å². The number of nitrogens with one attached hydrogen (secondary N) is 1. The molecule has 5 atom stereocenters. The zero-order valence-corrected chi connectivity index (χ0v) is 10.8. The van der Waals surface area contributed by atoms with Crippen LogP contribution in [-0.4, -0.2) is 27.3 Å². The molecule has 2 nitrogen and oxygen atoms in total. The third kappa shape index (κ3) is 2.44. The first-order chi connectivity index (χ1) is 7.08. The van der Waals surface area contributed by atoms with Crippen LogP contribution in [0.4, 0.5) is 0 Å². The van der Waals surface area contributed by atoms with Crippen molar-refractivity contribution in [2.24, 2.45) is 11.8 Å². The molecular formula is C12H23NOS. The Bertz CT molecular complexity index is 254. The van der Waals surface area contributed by atoms with Gasteiger partial charge in [-0.15, -0.1) is 0 Å². The van der Waals surface area contributed by atoms with Crippen molar-refractivity contribution in [3.63, 3.8) is 0 Å². The van der Waals surface area contributed by atoms with Crippen LogP contribution in [0.25, 0.3) is 0 Å². The molecular weight excluding hydrogens is 206 g/mol. The smallest absolute Gasteiger partial charge is 0.0504 e. The molecule has 1 aliphatic heterocycles. The van der Waals surface area contributed by atoms with Crippen LogP contribution in [0.2, 0.25) is 0 Å². The van der Waals surface area contributed by atoms with Crippen molar-refractivity contribution < 1.29 is 4.21 Å². The van der Waals surface area contributed by atoms with Gasteiger partial charge in [-0.25, -0.2) is 0 Å². The van der Waals surface area contributed by atoms with Crippen LogP contribution in [0.1, 0.15) is 40.0 Å². The molecule has 2 fully saturated rings. The fourth-order valence-corrected chi connectivity index (χ4v) is 4.91. The third-order valence-corrected chi connectivity index (χ3v) is 6.05. The van der Waals surface area contributed by atoms with Gasteiger partial charge in [-0.05, 0) is 38.0 Å². The molecule has 5 unspecified atom stereocenters. The lowest BCUT2D eigenvalue weighted by atomic mass is 9.79. The molecule has 2 rings (SSSR count). The largest absolute Gasteiger partial charge is 0.309 e. The fraction of sp³-hybridized carbons (Fsp3) is 1.00. The standard InChI is InChI=1S/C12H23NOS/c1-8(2)10-4-5-11-12(6-10)15(14)7-9(3)13-11/h8-13H,4-7H2,1-3H3. The highest BCUT2D eigenvalue weighted by Crippen LogP contribution is 2.34. The van der Waals surface area contributed by atoms with Crippen LogP contribution >= 0.6 is 0 Å². The minimum atomic E-state index is -0.587. The number of hydrogen-bond acceptors (Lipinski definition) is 2. The number of rotatable bonds is 1. The zero-order valence-electron chi connectivity index (χ0n) is 10.0. The van der Waals surface area contributed by atoms with E-state index in [0.717, 1.165) is 17.6 Å². The summed E-state index contributed by atoms with van der Waals surface area (Å²) in [7, 11) is -0.587. The predicted octanol–water partition coefficient (Wildman–Crippen LogP) is 1.92. The number of fused-ring (bicyclic) bond motifs is 1. The second kappa shape index (κ2) is 4.54. The van der Waals surface area contributed by atoms with E-state index in [-0.39, 0.29) is 0 Å². The summed E-state index contributed by atoms with van der Waals surface area (Å²) in [5, 5.41) is 4.05. The van der Waals surface area contributed by atoms with Gasteiger partial charge in [0.05, 0.1) is 5.25 Å². The van der Waals surface area contributed by atoms with E-state index in [1.807, 2.05) is 0 Å². The summed E-state index contributed by atoms with van der Waals surface area (Å²) in [6.07, 6.45) is 3.72. The lowest BCUT2D eigenvalue weighted by Crippen LogP contribution is -2.56. The minimum Gasteiger partial charge on any atom is -0.309 e. The summed E-state index contributed by atoms with van der Waals surface area (Å²) in [5.41, 5.74) is 0. The van der Waals surface area contributed by atoms with Gasteiger partial charge in [-0.1, -0.05) is 13.8 Å². The molecule has 0 bridgehead atoms. The molecule has 1 heterocycles. The first-order valence-electron chi connectivity index (χ1n) is 6.21. The molecule has 3 heteroatoms. The Morgan fingerprint density at radius 2 is 2.07 bits per heavy atom. The van der Waals surface area contributed by atoms with Gasteiger partial charge < -0.3 is 5.32 Å². The van der Waals surface area contributed by atoms with Gasteiger partial charge in [0.1, 0.15) is 0 Å². The van der Waals surface area contributed by atoms with E-state index >= 15 is 0 Å². The van der Waals surface area contributed by atoms with Crippen molar-refractivity contribution in [2.45, 2.75) is 57.4 Å². The van der Waals surface area contributed by atoms with Crippen LogP contribution in [0.15, 0.2) is 0 Å². The van der Waals surface area contributed by atoms with Crippen LogP contribution in [0.5, 0.6) is 0 Å². The summed E-state index contributed by atoms with van der Waals surface area (Å²) >= 11 is 0. The summed E-state index contributed by atoms with van der Waals surface area (Å²) < 4.78 is 12.1. The van der Waals surface area contributed by atoms with E-state index in [9.17, 15) is 4.21 Å². The van der Waals surface area contributed by atoms with Crippen LogP contribution in [0, 0.1) is 11.8 Å². The SMILES string of the molecule is CC1CS(=O)C2CC(C(C)C)CCC2N1. The van der Waals surface area contributed by atoms with Gasteiger partial charge in [0.2, 0.25) is 0 Å². The van der Waals surface area contributed by atoms with Crippen molar-refractivity contribution in [1.82, 2.24) is 5.32 Å². The van der Waals surface area contributed by atoms with E-state index in [1.165, 1.54) is 19.3 Å². The molecule has 0 radical (unpaired) electrons. The summed E-state index contributed by atoms with van der Waals surface area (Å²) in [5.74, 6) is 2.40. The minimum absolute atomic E-state index is 0.433. The van der Waals surface area contributed by atoms with Crippen molar-refractivity contribution in [3.05, 3.63) is 0 Å². The summed E-state index contributed by atoms with van der Waals surface area (Å²) in [6.45, 7) is 6.75. The molecule has 0 amide bonds. The molecule has 88 valence electrons. The van der Waals surface area contributed by atoms with Gasteiger partial charge in [0.25, 0.3) is 0 Å². The average Bonchev–Trinajstić information content (AvgIpc) is 2.16. The van der Waals surface area contributed by atoms with Gasteiger partial charge >= 0.3 is 0 Å². The van der Waals surface area contributed by atoms with Crippen LogP contribution < -0.4 is 5.32 Å². The average molecular weight is 229 g/mol. The second-order valence-corrected chi connectivity index (χ2v) is 7.28. The first kappa shape index (κ1) is 11.6. The molecule has 0 aromatic rings. The van der Waals surface area contributed by atoms with E-state index in [2.05, 4.69) is 26.1 Å². The third-order valence-electron chi connectivity index (χ3n) is 4.03. The molecule has 1 N–H and O–H groups in total. The zero-order chi connectivity index (χ0) is 11.0. The van der Waals surface area contributed by atoms with Gasteiger partial charge in [0, 0.05) is 28.6 Å². The Balaban J connectivity index is 2.03. The Labute approximate surface area is 95.7 Å². The summed E-state index contributed by atoms with van der Waals surface area (Å²) in [4.78, 5) is 0. The first-order valence-corrected chi connectivity index (χ1v) is 7.59. The van der Waals surface area contributed by atoms with Crippen LogP contribution in [0.3, 0.4) is 0 Å². The monoisotopic (exact) mass is 229 g/mol. The molecule has 1 aliphatic carbocycles. The lowest BCUT2D eigenvalue weighted by Gasteiger charge is -2.42. The molecule has 0 aromatic heterocycles. The highest BCUT2D eigenvalue weighted by molar-refractivity contribution is 7.85. The van der Waals surface area contributed by atoms with Gasteiger partial charge in [-0.2, -0.15) is 0 Å². The van der Waals surface area contributed by atoms with Crippen molar-refractivity contribution in [2.75, 3.05) is 5.75 Å². The normalized spacial score (nSPS) is 46.5. The second-order valence-electron chi connectivity index (χ2n) is 5.58. The van der Waals surface area contributed by atoms with Gasteiger partial charge in [0.15, 0.2) is 0 Å². The fourth-order valence-electron chi connectivity index (χ4n) is 3.03. The van der Waals surface area contributed by atoms with E-state index in [0.29, 0.717) is 17.3 Å².